The molecule has 3 aliphatic rings. The van der Waals surface area contributed by atoms with E-state index in [2.05, 4.69) is 0 Å². The maximum Gasteiger partial charge on any atom is 0.397 e. The lowest BCUT2D eigenvalue weighted by Crippen LogP contribution is -2.69. The zero-order valence-corrected chi connectivity index (χ0v) is 55.8. The molecule has 0 unspecified atom stereocenters. The molecular weight excluding hydrogens is 1380 g/mol. The number of carbonyl (C=O) groups is 8. The third-order valence-electron chi connectivity index (χ3n) is 16.3. The summed E-state index contributed by atoms with van der Waals surface area (Å²) in [6.45, 7) is -2.21. The summed E-state index contributed by atoms with van der Waals surface area (Å²) in [4.78, 5) is 118. The fraction of sp³-hybridized carbons (Fsp3) is 0.253. The Morgan fingerprint density at radius 2 is 0.683 bits per heavy atom. The van der Waals surface area contributed by atoms with Crippen LogP contribution in [0.2, 0.25) is 0 Å². The molecule has 104 heavy (non-hydrogen) atoms. The van der Waals surface area contributed by atoms with Crippen LogP contribution < -0.4 is 9.47 Å². The molecule has 28 nitrogen and oxygen atoms in total. The molecule has 0 spiro atoms. The van der Waals surface area contributed by atoms with Crippen molar-refractivity contribution in [2.75, 3.05) is 27.4 Å². The highest BCUT2D eigenvalue weighted by molar-refractivity contribution is 7.80. The van der Waals surface area contributed by atoms with Gasteiger partial charge in [0.15, 0.2) is 49.0 Å². The molecule has 540 valence electrons. The van der Waals surface area contributed by atoms with Crippen LogP contribution in [0.15, 0.2) is 237 Å². The summed E-state index contributed by atoms with van der Waals surface area (Å²) in [5.41, 5.74) is -0.810. The molecule has 0 amide bonds. The lowest BCUT2D eigenvalue weighted by molar-refractivity contribution is -0.373. The first kappa shape index (κ1) is 74.0. The van der Waals surface area contributed by atoms with Crippen LogP contribution >= 0.6 is 0 Å². The standard InChI is InChI=1S/C75H66O28S/c1-88-51-38-40-52(41-39-51)92-73-62(98-69(81)48-32-18-7-19-33-48)57(55(76)53(93-73)43-91-104(85,86)87)101-74-63(99-70(82)49-34-20-8-21-35-49)58(56(95-66(78)45-26-12-4-13-27-45)54(94-74)42-90-65(77)44-24-10-3-11-25-44)102-75-64(100-71(83)50-36-22-9-23-37-50)60(97-68(80)47-30-16-6-17-31-47)59(61(103-75)72(84)89-2)96-67(79)46-28-14-5-15-29-46/h3-41,53-64,73-76H,42-43H2,1-2H3,(H,85,86,87)/t53-,54-,55+,56+,57+,58+,59+,60+,61+,62-,63-,64-,73-,74+,75-/m1/s1. The van der Waals surface area contributed by atoms with Crippen LogP contribution in [0, 0.1) is 0 Å². The lowest BCUT2D eigenvalue weighted by Gasteiger charge is -2.50. The predicted molar refractivity (Wildman–Crippen MR) is 355 cm³/mol. The van der Waals surface area contributed by atoms with Gasteiger partial charge in [0.1, 0.15) is 48.6 Å². The van der Waals surface area contributed by atoms with E-state index in [1.54, 1.807) is 42.5 Å². The van der Waals surface area contributed by atoms with Crippen LogP contribution in [0.5, 0.6) is 11.5 Å². The Labute approximate surface area is 593 Å². The molecule has 0 bridgehead atoms. The average Bonchev–Trinajstić information content (AvgIpc) is 0.743. The minimum atomic E-state index is -5.36. The van der Waals surface area contributed by atoms with Crippen LogP contribution in [0.1, 0.15) is 72.5 Å². The van der Waals surface area contributed by atoms with E-state index >= 15 is 4.79 Å². The van der Waals surface area contributed by atoms with Gasteiger partial charge in [0, 0.05) is 0 Å². The molecule has 0 radical (unpaired) electrons. The zero-order chi connectivity index (χ0) is 73.3. The van der Waals surface area contributed by atoms with Crippen molar-refractivity contribution in [3.05, 3.63) is 276 Å². The third-order valence-corrected chi connectivity index (χ3v) is 16.8. The summed E-state index contributed by atoms with van der Waals surface area (Å²) in [7, 11) is -3.03. The average molecular weight is 1450 g/mol. The van der Waals surface area contributed by atoms with Crippen LogP contribution in [0.25, 0.3) is 0 Å². The Hall–Kier alpha value is -11.3. The van der Waals surface area contributed by atoms with Gasteiger partial charge >= 0.3 is 58.2 Å². The summed E-state index contributed by atoms with van der Waals surface area (Å²) in [5, 5.41) is 12.8. The predicted octanol–water partition coefficient (Wildman–Crippen LogP) is 7.58. The number of esters is 8. The molecule has 3 aliphatic heterocycles. The van der Waals surface area contributed by atoms with E-state index in [-0.39, 0.29) is 44.7 Å². The molecular formula is C75H66O28S. The first-order chi connectivity index (χ1) is 50.3. The van der Waals surface area contributed by atoms with E-state index in [0.717, 1.165) is 7.11 Å². The number of benzene rings is 8. The maximum absolute atomic E-state index is 15.2. The monoisotopic (exact) mass is 1450 g/mol. The molecule has 0 aromatic heterocycles. The van der Waals surface area contributed by atoms with Crippen molar-refractivity contribution in [1.29, 1.82) is 0 Å². The summed E-state index contributed by atoms with van der Waals surface area (Å²) in [5.74, 6) is -9.05. The lowest BCUT2D eigenvalue weighted by atomic mass is 9.94. The Kier molecular flexibility index (Phi) is 24.6. The first-order valence-corrected chi connectivity index (χ1v) is 33.4. The van der Waals surface area contributed by atoms with Crippen LogP contribution in [-0.4, -0.2) is 185 Å². The quantitative estimate of drug-likeness (QED) is 0.0299. The highest BCUT2D eigenvalue weighted by Crippen LogP contribution is 2.40. The second kappa shape index (κ2) is 34.6. The molecule has 8 aromatic carbocycles. The van der Waals surface area contributed by atoms with Crippen molar-refractivity contribution < 1.29 is 132 Å². The number of hydrogen-bond acceptors (Lipinski definition) is 27. The van der Waals surface area contributed by atoms with Gasteiger partial charge < -0.3 is 76.2 Å². The molecule has 29 heteroatoms. The van der Waals surface area contributed by atoms with Gasteiger partial charge in [0.05, 0.1) is 59.8 Å². The van der Waals surface area contributed by atoms with E-state index < -0.39 is 163 Å². The van der Waals surface area contributed by atoms with Gasteiger partial charge in [0.2, 0.25) is 12.6 Å². The van der Waals surface area contributed by atoms with Crippen LogP contribution in [-0.2, 0) is 81.0 Å². The number of hydrogen-bond donors (Lipinski definition) is 2. The van der Waals surface area contributed by atoms with Crippen molar-refractivity contribution in [2.24, 2.45) is 0 Å². The third kappa shape index (κ3) is 18.7. The smallest absolute Gasteiger partial charge is 0.397 e. The van der Waals surface area contributed by atoms with E-state index in [9.17, 15) is 51.6 Å². The molecule has 8 aromatic rings. The Bertz CT molecular complexity index is 4340. The Morgan fingerprint density at radius 1 is 0.356 bits per heavy atom. The van der Waals surface area contributed by atoms with E-state index in [0.29, 0.717) is 5.75 Å². The number of aliphatic hydroxyl groups excluding tert-OH is 1. The topological polar surface area (TPSA) is 359 Å². The van der Waals surface area contributed by atoms with Crippen LogP contribution in [0.4, 0.5) is 0 Å². The van der Waals surface area contributed by atoms with Crippen molar-refractivity contribution >= 4 is 58.2 Å². The van der Waals surface area contributed by atoms with Gasteiger partial charge in [-0.2, -0.15) is 8.42 Å². The number of aliphatic hydroxyl groups is 1. The molecule has 3 saturated heterocycles. The molecule has 11 rings (SSSR count). The zero-order valence-electron chi connectivity index (χ0n) is 55.0. The minimum absolute atomic E-state index is 0.0167. The second-order valence-corrected chi connectivity index (χ2v) is 24.2. The maximum atomic E-state index is 15.2. The van der Waals surface area contributed by atoms with Gasteiger partial charge in [0.25, 0.3) is 0 Å². The minimum Gasteiger partial charge on any atom is -0.497 e. The summed E-state index contributed by atoms with van der Waals surface area (Å²) >= 11 is 0. The van der Waals surface area contributed by atoms with E-state index in [1.165, 1.54) is 201 Å². The van der Waals surface area contributed by atoms with E-state index in [4.69, 9.17) is 75.2 Å². The van der Waals surface area contributed by atoms with E-state index in [1.807, 2.05) is 0 Å². The fourth-order valence-corrected chi connectivity index (χ4v) is 11.5. The number of ether oxygens (including phenoxy) is 15. The van der Waals surface area contributed by atoms with Gasteiger partial charge in [-0.3, -0.25) is 4.55 Å². The summed E-state index contributed by atoms with van der Waals surface area (Å²) < 4.78 is 134. The number of carbonyl (C=O) groups excluding carboxylic acids is 8. The van der Waals surface area contributed by atoms with Gasteiger partial charge in [-0.05, 0) is 109 Å². The van der Waals surface area contributed by atoms with Crippen molar-refractivity contribution in [3.8, 4) is 11.5 Å². The Morgan fingerprint density at radius 3 is 1.08 bits per heavy atom. The molecule has 0 aliphatic carbocycles. The number of rotatable bonds is 26. The van der Waals surface area contributed by atoms with Gasteiger partial charge in [-0.25, -0.2) is 42.5 Å². The first-order valence-electron chi connectivity index (χ1n) is 32.1. The Balaban J connectivity index is 1.12. The molecule has 3 fully saturated rings. The largest absolute Gasteiger partial charge is 0.497 e. The molecule has 2 N–H and O–H groups in total. The van der Waals surface area contributed by atoms with Crippen molar-refractivity contribution in [3.63, 3.8) is 0 Å². The van der Waals surface area contributed by atoms with Gasteiger partial charge in [-0.1, -0.05) is 127 Å². The second-order valence-electron chi connectivity index (χ2n) is 23.1. The normalized spacial score (nSPS) is 24.3. The highest BCUT2D eigenvalue weighted by Gasteiger charge is 2.61. The van der Waals surface area contributed by atoms with Crippen LogP contribution in [0.3, 0.4) is 0 Å². The fourth-order valence-electron chi connectivity index (χ4n) is 11.2. The molecule has 3 heterocycles. The summed E-state index contributed by atoms with van der Waals surface area (Å²) in [6, 6.07) is 56.8. The number of methoxy groups -OCH3 is 2. The van der Waals surface area contributed by atoms with Crippen molar-refractivity contribution in [1.82, 2.24) is 0 Å². The SMILES string of the molecule is COC(=O)[C@H]1O[C@@H](O[C@H]2[C@@H](OC(=O)c3ccccc3)[C@@H](COC(=O)c3ccccc3)O[C@@H](O[C@H]3[C@@H](O)[C@@H](COS(=O)(=O)O)O[C@@H](Oc4ccc(OC)cc4)[C@@H]3OC(=O)c3ccccc3)[C@@H]2OC(=O)c2ccccc2)[C@H](OC(=O)c2ccccc2)[C@@H](OC(=O)c2ccccc2)[C@@H]1OC(=O)c1ccccc1. The highest BCUT2D eigenvalue weighted by atomic mass is 32.3. The summed E-state index contributed by atoms with van der Waals surface area (Å²) in [6.07, 6.45) is -33.3. The van der Waals surface area contributed by atoms with Crippen molar-refractivity contribution in [2.45, 2.75) is 92.1 Å². The van der Waals surface area contributed by atoms with Gasteiger partial charge in [-0.15, -0.1) is 0 Å². The molecule has 15 atom stereocenters. The molecule has 0 saturated carbocycles.